The van der Waals surface area contributed by atoms with Crippen LogP contribution in [0.3, 0.4) is 0 Å². The van der Waals surface area contributed by atoms with E-state index in [4.69, 9.17) is 10.8 Å². The van der Waals surface area contributed by atoms with Crippen molar-refractivity contribution < 1.29 is 18.3 Å². The van der Waals surface area contributed by atoms with E-state index in [1.165, 1.54) is 17.8 Å². The number of hydrogen-bond acceptors (Lipinski definition) is 4. The lowest BCUT2D eigenvalue weighted by Gasteiger charge is -2.20. The van der Waals surface area contributed by atoms with Crippen LogP contribution in [0.15, 0.2) is 23.4 Å². The highest BCUT2D eigenvalue weighted by molar-refractivity contribution is 7.99. The lowest BCUT2D eigenvalue weighted by Crippen LogP contribution is -2.40. The molecule has 1 unspecified atom stereocenters. The zero-order chi connectivity index (χ0) is 13.8. The van der Waals surface area contributed by atoms with Gasteiger partial charge in [0.25, 0.3) is 0 Å². The van der Waals surface area contributed by atoms with Crippen molar-refractivity contribution in [3.05, 3.63) is 23.9 Å². The molecule has 1 rings (SSSR count). The van der Waals surface area contributed by atoms with E-state index in [1.807, 2.05) is 0 Å². The van der Waals surface area contributed by atoms with Crippen LogP contribution in [0.4, 0.5) is 13.2 Å². The van der Waals surface area contributed by atoms with E-state index in [-0.39, 0.29) is 6.61 Å². The fourth-order valence-corrected chi connectivity index (χ4v) is 2.17. The summed E-state index contributed by atoms with van der Waals surface area (Å²) < 4.78 is 36.8. The van der Waals surface area contributed by atoms with Gasteiger partial charge in [0.1, 0.15) is 0 Å². The van der Waals surface area contributed by atoms with E-state index in [0.29, 0.717) is 17.2 Å². The Morgan fingerprint density at radius 3 is 2.50 bits per heavy atom. The first-order valence-electron chi connectivity index (χ1n) is 5.30. The van der Waals surface area contributed by atoms with E-state index < -0.39 is 17.3 Å². The minimum absolute atomic E-state index is 0.131. The molecule has 0 aliphatic carbocycles. The zero-order valence-electron chi connectivity index (χ0n) is 9.87. The third-order valence-corrected chi connectivity index (χ3v) is 3.29. The Morgan fingerprint density at radius 2 is 2.06 bits per heavy atom. The summed E-state index contributed by atoms with van der Waals surface area (Å²) in [6, 6.07) is 2.34. The number of pyridine rings is 1. The number of nitrogens with two attached hydrogens (primary N) is 1. The predicted molar refractivity (Wildman–Crippen MR) is 64.3 cm³/mol. The molecule has 0 aliphatic rings. The summed E-state index contributed by atoms with van der Waals surface area (Å²) in [5.74, 6) is 0.589. The van der Waals surface area contributed by atoms with Gasteiger partial charge in [0, 0.05) is 17.5 Å². The Bertz CT molecular complexity index is 379. The van der Waals surface area contributed by atoms with Crippen molar-refractivity contribution in [3.63, 3.8) is 0 Å². The predicted octanol–water partition coefficient (Wildman–Crippen LogP) is 2.29. The van der Waals surface area contributed by atoms with Crippen LogP contribution in [0.2, 0.25) is 0 Å². The summed E-state index contributed by atoms with van der Waals surface area (Å²) in [5.41, 5.74) is 4.30. The minimum Gasteiger partial charge on any atom is -0.394 e. The van der Waals surface area contributed by atoms with E-state index >= 15 is 0 Å². The van der Waals surface area contributed by atoms with Crippen LogP contribution in [-0.2, 0) is 6.18 Å². The average molecular weight is 280 g/mol. The van der Waals surface area contributed by atoms with Gasteiger partial charge in [-0.25, -0.2) is 4.98 Å². The van der Waals surface area contributed by atoms with Crippen molar-refractivity contribution in [2.45, 2.75) is 30.1 Å². The molecule has 102 valence electrons. The molecule has 0 saturated carbocycles. The summed E-state index contributed by atoms with van der Waals surface area (Å²) in [6.45, 7) is 1.59. The topological polar surface area (TPSA) is 59.1 Å². The number of halogens is 3. The van der Waals surface area contributed by atoms with Crippen LogP contribution < -0.4 is 5.73 Å². The molecule has 3 nitrogen and oxygen atoms in total. The summed E-state index contributed by atoms with van der Waals surface area (Å²) in [4.78, 5) is 3.73. The van der Waals surface area contributed by atoms with Gasteiger partial charge in [-0.05, 0) is 25.5 Å². The highest BCUT2D eigenvalue weighted by Gasteiger charge is 2.30. The van der Waals surface area contributed by atoms with Crippen molar-refractivity contribution >= 4 is 11.8 Å². The quantitative estimate of drug-likeness (QED) is 0.812. The van der Waals surface area contributed by atoms with E-state index in [2.05, 4.69) is 4.98 Å². The molecule has 0 amide bonds. The van der Waals surface area contributed by atoms with Gasteiger partial charge >= 0.3 is 6.18 Å². The first-order valence-corrected chi connectivity index (χ1v) is 6.29. The molecular weight excluding hydrogens is 265 g/mol. The number of alkyl halides is 3. The monoisotopic (exact) mass is 280 g/mol. The van der Waals surface area contributed by atoms with Crippen molar-refractivity contribution in [1.82, 2.24) is 4.98 Å². The third-order valence-electron chi connectivity index (χ3n) is 2.35. The van der Waals surface area contributed by atoms with E-state index in [0.717, 1.165) is 12.3 Å². The number of thioether (sulfide) groups is 1. The smallest absolute Gasteiger partial charge is 0.394 e. The van der Waals surface area contributed by atoms with Gasteiger partial charge < -0.3 is 10.8 Å². The molecule has 0 saturated heterocycles. The molecule has 1 aromatic rings. The molecule has 3 N–H and O–H groups in total. The van der Waals surface area contributed by atoms with Crippen LogP contribution in [0.5, 0.6) is 0 Å². The van der Waals surface area contributed by atoms with Crippen LogP contribution in [0.25, 0.3) is 0 Å². The first kappa shape index (κ1) is 15.3. The highest BCUT2D eigenvalue weighted by atomic mass is 32.2. The average Bonchev–Trinajstić information content (AvgIpc) is 2.28. The Hall–Kier alpha value is -0.790. The SMILES string of the molecule is CC(N)(CO)CCSc1ccc(C(F)(F)F)cn1. The zero-order valence-corrected chi connectivity index (χ0v) is 10.7. The number of aliphatic hydroxyl groups excluding tert-OH is 1. The molecule has 0 spiro atoms. The van der Waals surface area contributed by atoms with Crippen molar-refractivity contribution in [1.29, 1.82) is 0 Å². The number of rotatable bonds is 5. The second-order valence-electron chi connectivity index (χ2n) is 4.29. The van der Waals surface area contributed by atoms with Gasteiger partial charge in [-0.1, -0.05) is 0 Å². The molecule has 1 atom stereocenters. The van der Waals surface area contributed by atoms with E-state index in [9.17, 15) is 13.2 Å². The maximum atomic E-state index is 12.3. The fraction of sp³-hybridized carbons (Fsp3) is 0.545. The lowest BCUT2D eigenvalue weighted by molar-refractivity contribution is -0.137. The molecule has 7 heteroatoms. The molecule has 1 heterocycles. The Kier molecular flexibility index (Phi) is 5.01. The standard InChI is InChI=1S/C11H15F3N2OS/c1-10(15,7-17)4-5-18-9-3-2-8(6-16-9)11(12,13)14/h2-3,6,17H,4-5,7,15H2,1H3. The highest BCUT2D eigenvalue weighted by Crippen LogP contribution is 2.29. The normalized spacial score (nSPS) is 15.4. The molecule has 1 aromatic heterocycles. The number of hydrogen-bond donors (Lipinski definition) is 2. The molecule has 0 radical (unpaired) electrons. The molecular formula is C11H15F3N2OS. The summed E-state index contributed by atoms with van der Waals surface area (Å²) >= 11 is 1.31. The van der Waals surface area contributed by atoms with Gasteiger partial charge in [0.15, 0.2) is 0 Å². The molecule has 0 aliphatic heterocycles. The van der Waals surface area contributed by atoms with Gasteiger partial charge in [-0.15, -0.1) is 11.8 Å². The summed E-state index contributed by atoms with van der Waals surface area (Å²) in [7, 11) is 0. The van der Waals surface area contributed by atoms with Crippen LogP contribution >= 0.6 is 11.8 Å². The molecule has 0 aromatic carbocycles. The summed E-state index contributed by atoms with van der Waals surface area (Å²) in [5, 5.41) is 9.45. The number of aromatic nitrogens is 1. The van der Waals surface area contributed by atoms with E-state index in [1.54, 1.807) is 6.92 Å². The number of aliphatic hydroxyl groups is 1. The van der Waals surface area contributed by atoms with Crippen LogP contribution in [0.1, 0.15) is 18.9 Å². The maximum Gasteiger partial charge on any atom is 0.417 e. The lowest BCUT2D eigenvalue weighted by atomic mass is 10.0. The van der Waals surface area contributed by atoms with Crippen LogP contribution in [0, 0.1) is 0 Å². The maximum absolute atomic E-state index is 12.3. The molecule has 18 heavy (non-hydrogen) atoms. The second-order valence-corrected chi connectivity index (χ2v) is 5.41. The largest absolute Gasteiger partial charge is 0.417 e. The van der Waals surface area contributed by atoms with Crippen molar-refractivity contribution in [2.75, 3.05) is 12.4 Å². The first-order chi connectivity index (χ1) is 8.24. The van der Waals surface area contributed by atoms with Crippen LogP contribution in [-0.4, -0.2) is 28.0 Å². The van der Waals surface area contributed by atoms with Crippen molar-refractivity contribution in [2.24, 2.45) is 5.73 Å². The van der Waals surface area contributed by atoms with Crippen molar-refractivity contribution in [3.8, 4) is 0 Å². The number of nitrogens with zero attached hydrogens (tertiary/aromatic N) is 1. The van der Waals surface area contributed by atoms with Gasteiger partial charge in [-0.2, -0.15) is 13.2 Å². The fourth-order valence-electron chi connectivity index (χ4n) is 1.10. The minimum atomic E-state index is -4.36. The Balaban J connectivity index is 2.50. The molecule has 0 bridgehead atoms. The second kappa shape index (κ2) is 5.90. The molecule has 0 fully saturated rings. The van der Waals surface area contributed by atoms with Gasteiger partial charge in [0.05, 0.1) is 17.2 Å². The Labute approximate surface area is 108 Å². The summed E-state index contributed by atoms with van der Waals surface area (Å²) in [6.07, 6.45) is -2.99. The van der Waals surface area contributed by atoms with Gasteiger partial charge in [0.2, 0.25) is 0 Å². The Morgan fingerprint density at radius 1 is 1.39 bits per heavy atom. The third kappa shape index (κ3) is 4.83. The van der Waals surface area contributed by atoms with Gasteiger partial charge in [-0.3, -0.25) is 0 Å².